The smallest absolute Gasteiger partial charge is 0.277 e. The highest BCUT2D eigenvalue weighted by atomic mass is 32.2. The maximum Gasteiger partial charge on any atom is 0.277 e. The predicted molar refractivity (Wildman–Crippen MR) is 123 cm³/mol. The minimum absolute atomic E-state index is 0.0447. The van der Waals surface area contributed by atoms with Crippen LogP contribution in [0.15, 0.2) is 34.2 Å². The number of nitrogens with zero attached hydrogens (tertiary/aromatic N) is 2. The number of carbonyl (C=O) groups excluding carboxylic acids is 1. The van der Waals surface area contributed by atoms with E-state index in [-0.39, 0.29) is 46.8 Å². The monoisotopic (exact) mass is 489 g/mol. The summed E-state index contributed by atoms with van der Waals surface area (Å²) in [6, 6.07) is 6.79. The molecule has 1 aromatic carbocycles. The van der Waals surface area contributed by atoms with Crippen molar-refractivity contribution in [3.05, 3.63) is 41.2 Å². The first-order valence-corrected chi connectivity index (χ1v) is 13.2. The van der Waals surface area contributed by atoms with Gasteiger partial charge in [0.1, 0.15) is 11.5 Å². The Morgan fingerprint density at radius 2 is 2.00 bits per heavy atom. The zero-order chi connectivity index (χ0) is 24.0. The summed E-state index contributed by atoms with van der Waals surface area (Å²) in [6.07, 6.45) is 0.956. The highest BCUT2D eigenvalue weighted by Gasteiger charge is 2.31. The molecule has 180 valence electrons. The molecule has 10 heteroatoms. The summed E-state index contributed by atoms with van der Waals surface area (Å²) in [5.74, 6) is 0.243. The summed E-state index contributed by atoms with van der Waals surface area (Å²) >= 11 is 0. The van der Waals surface area contributed by atoms with E-state index in [1.54, 1.807) is 18.2 Å². The van der Waals surface area contributed by atoms with Gasteiger partial charge >= 0.3 is 0 Å². The molecular weight excluding hydrogens is 464 g/mol. The predicted octanol–water partition coefficient (Wildman–Crippen LogP) is 4.15. The Labute approximate surface area is 196 Å². The molecule has 1 aliphatic carbocycles. The van der Waals surface area contributed by atoms with Crippen LogP contribution in [0.2, 0.25) is 0 Å². The second-order valence-electron chi connectivity index (χ2n) is 9.17. The van der Waals surface area contributed by atoms with Crippen molar-refractivity contribution in [1.82, 2.24) is 4.98 Å². The molecule has 1 saturated heterocycles. The number of Topliss-reactive ketones (excluding diaryl/α,β-unsaturated/α-hetero) is 1. The fourth-order valence-corrected chi connectivity index (χ4v) is 5.31. The van der Waals surface area contributed by atoms with Crippen LogP contribution in [0, 0.1) is 5.92 Å². The minimum Gasteiger partial charge on any atom is -0.381 e. The number of hydrogen-bond acceptors (Lipinski definition) is 7. The SMILES string of the molecule is CS(=O)(=O)c1cc([C@H]2CCOC2)ccc1Nc1cc(CC(=O)C2CC2)nc2c1N=C(C(F)F)C2. The van der Waals surface area contributed by atoms with E-state index < -0.39 is 16.3 Å². The molecule has 3 aliphatic rings. The molecule has 2 fully saturated rings. The fourth-order valence-electron chi connectivity index (χ4n) is 4.44. The van der Waals surface area contributed by atoms with Crippen molar-refractivity contribution < 1.29 is 26.7 Å². The molecule has 1 aromatic heterocycles. The molecule has 0 bridgehead atoms. The number of benzene rings is 1. The molecule has 0 unspecified atom stereocenters. The van der Waals surface area contributed by atoms with Crippen molar-refractivity contribution in [2.75, 3.05) is 24.8 Å². The molecule has 0 amide bonds. The van der Waals surface area contributed by atoms with Crippen LogP contribution in [0.1, 0.15) is 42.1 Å². The van der Waals surface area contributed by atoms with Gasteiger partial charge in [-0.05, 0) is 43.0 Å². The Bertz CT molecular complexity index is 1280. The Hall–Kier alpha value is -2.72. The Morgan fingerprint density at radius 1 is 1.21 bits per heavy atom. The van der Waals surface area contributed by atoms with Gasteiger partial charge in [0.2, 0.25) is 0 Å². The second-order valence-corrected chi connectivity index (χ2v) is 11.2. The lowest BCUT2D eigenvalue weighted by Gasteiger charge is -2.17. The number of anilines is 2. The largest absolute Gasteiger partial charge is 0.381 e. The quantitative estimate of drug-likeness (QED) is 0.598. The number of sulfone groups is 1. The number of hydrogen-bond donors (Lipinski definition) is 1. The Kier molecular flexibility index (Phi) is 5.97. The highest BCUT2D eigenvalue weighted by Crippen LogP contribution is 2.40. The van der Waals surface area contributed by atoms with E-state index in [0.29, 0.717) is 36.0 Å². The maximum atomic E-state index is 13.4. The Balaban J connectivity index is 1.54. The topological polar surface area (TPSA) is 97.7 Å². The van der Waals surface area contributed by atoms with Crippen molar-refractivity contribution in [3.8, 4) is 0 Å². The van der Waals surface area contributed by atoms with E-state index in [9.17, 15) is 22.0 Å². The minimum atomic E-state index is -3.60. The average Bonchev–Trinajstić information content (AvgIpc) is 3.30. The second kappa shape index (κ2) is 8.81. The molecule has 0 radical (unpaired) electrons. The highest BCUT2D eigenvalue weighted by molar-refractivity contribution is 7.90. The number of rotatable bonds is 8. The van der Waals surface area contributed by atoms with Crippen molar-refractivity contribution in [1.29, 1.82) is 0 Å². The summed E-state index contributed by atoms with van der Waals surface area (Å²) in [5, 5.41) is 3.10. The number of nitrogens with one attached hydrogen (secondary N) is 1. The number of pyridine rings is 1. The van der Waals surface area contributed by atoms with Gasteiger partial charge in [-0.3, -0.25) is 9.78 Å². The van der Waals surface area contributed by atoms with Crippen LogP contribution in [0.3, 0.4) is 0 Å². The summed E-state index contributed by atoms with van der Waals surface area (Å²) in [5.41, 5.74) is 2.34. The van der Waals surface area contributed by atoms with Crippen LogP contribution in [-0.2, 0) is 32.2 Å². The van der Waals surface area contributed by atoms with Gasteiger partial charge in [-0.15, -0.1) is 0 Å². The third-order valence-corrected chi connectivity index (χ3v) is 7.57. The van der Waals surface area contributed by atoms with E-state index in [0.717, 1.165) is 31.1 Å². The van der Waals surface area contributed by atoms with Crippen LogP contribution in [-0.4, -0.2) is 50.8 Å². The van der Waals surface area contributed by atoms with E-state index in [1.807, 2.05) is 6.07 Å². The van der Waals surface area contributed by atoms with E-state index in [2.05, 4.69) is 15.3 Å². The number of carbonyl (C=O) groups is 1. The lowest BCUT2D eigenvalue weighted by Crippen LogP contribution is -2.11. The van der Waals surface area contributed by atoms with Crippen LogP contribution >= 0.6 is 0 Å². The zero-order valence-electron chi connectivity index (χ0n) is 18.7. The first-order chi connectivity index (χ1) is 16.2. The number of alkyl halides is 2. The standard InChI is InChI=1S/C24H25F2N3O4S/c1-34(31,32)22-8-14(15-6-7-33-12-15)4-5-17(22)28-18-9-16(10-21(30)13-2-3-13)27-19-11-20(24(25)26)29-23(18)19/h4-5,8-9,13,15,24H,2-3,6-7,10-12H2,1H3,(H,27,28)/t15-/m0/s1. The maximum absolute atomic E-state index is 13.4. The number of halogens is 2. The number of ketones is 1. The van der Waals surface area contributed by atoms with Crippen molar-refractivity contribution >= 4 is 38.4 Å². The lowest BCUT2D eigenvalue weighted by molar-refractivity contribution is -0.119. The van der Waals surface area contributed by atoms with Gasteiger partial charge in [-0.1, -0.05) is 6.07 Å². The molecular formula is C24H25F2N3O4S. The van der Waals surface area contributed by atoms with Gasteiger partial charge in [-0.2, -0.15) is 0 Å². The van der Waals surface area contributed by atoms with Gasteiger partial charge in [-0.25, -0.2) is 22.2 Å². The molecule has 2 aromatic rings. The summed E-state index contributed by atoms with van der Waals surface area (Å²) < 4.78 is 57.4. The van der Waals surface area contributed by atoms with E-state index in [4.69, 9.17) is 4.74 Å². The van der Waals surface area contributed by atoms with Crippen LogP contribution < -0.4 is 5.32 Å². The molecule has 5 rings (SSSR count). The van der Waals surface area contributed by atoms with Gasteiger partial charge in [0.15, 0.2) is 9.84 Å². The van der Waals surface area contributed by atoms with Gasteiger partial charge < -0.3 is 10.1 Å². The van der Waals surface area contributed by atoms with Crippen LogP contribution in [0.5, 0.6) is 0 Å². The molecule has 1 atom stereocenters. The van der Waals surface area contributed by atoms with Crippen molar-refractivity contribution in [2.24, 2.45) is 10.9 Å². The van der Waals surface area contributed by atoms with Gasteiger partial charge in [0, 0.05) is 37.5 Å². The molecule has 34 heavy (non-hydrogen) atoms. The van der Waals surface area contributed by atoms with Gasteiger partial charge in [0.25, 0.3) is 6.43 Å². The van der Waals surface area contributed by atoms with E-state index >= 15 is 0 Å². The normalized spacial score (nSPS) is 19.9. The number of ether oxygens (including phenoxy) is 1. The molecule has 1 N–H and O–H groups in total. The van der Waals surface area contributed by atoms with Crippen LogP contribution in [0.4, 0.5) is 25.8 Å². The molecule has 2 aliphatic heterocycles. The molecule has 1 saturated carbocycles. The third-order valence-electron chi connectivity index (χ3n) is 6.44. The summed E-state index contributed by atoms with van der Waals surface area (Å²) in [6.45, 7) is 1.17. The number of aliphatic imine (C=N–C) groups is 1. The lowest BCUT2D eigenvalue weighted by atomic mass is 9.98. The fraction of sp³-hybridized carbons (Fsp3) is 0.458. The van der Waals surface area contributed by atoms with Crippen molar-refractivity contribution in [2.45, 2.75) is 49.3 Å². The van der Waals surface area contributed by atoms with Crippen LogP contribution in [0.25, 0.3) is 0 Å². The number of aromatic nitrogens is 1. The third kappa shape index (κ3) is 4.74. The number of fused-ring (bicyclic) bond motifs is 1. The van der Waals surface area contributed by atoms with Gasteiger partial charge in [0.05, 0.1) is 40.0 Å². The average molecular weight is 490 g/mol. The van der Waals surface area contributed by atoms with E-state index in [1.165, 1.54) is 0 Å². The molecule has 3 heterocycles. The molecule has 0 spiro atoms. The first kappa shape index (κ1) is 23.0. The summed E-state index contributed by atoms with van der Waals surface area (Å²) in [7, 11) is -3.60. The zero-order valence-corrected chi connectivity index (χ0v) is 19.5. The Morgan fingerprint density at radius 3 is 2.65 bits per heavy atom. The van der Waals surface area contributed by atoms with Crippen molar-refractivity contribution in [3.63, 3.8) is 0 Å². The first-order valence-electron chi connectivity index (χ1n) is 11.3. The summed E-state index contributed by atoms with van der Waals surface area (Å²) in [4.78, 5) is 21.0. The molecule has 7 nitrogen and oxygen atoms in total.